The Morgan fingerprint density at radius 3 is 2.63 bits per heavy atom. The van der Waals surface area contributed by atoms with Crippen LogP contribution in [0.5, 0.6) is 0 Å². The lowest BCUT2D eigenvalue weighted by atomic mass is 9.89. The van der Waals surface area contributed by atoms with Gasteiger partial charge >= 0.3 is 0 Å². The number of carbonyl (C=O) groups is 1. The van der Waals surface area contributed by atoms with Crippen molar-refractivity contribution >= 4 is 29.1 Å². The average Bonchev–Trinajstić information content (AvgIpc) is 3.09. The van der Waals surface area contributed by atoms with Crippen molar-refractivity contribution in [1.29, 1.82) is 0 Å². The van der Waals surface area contributed by atoms with E-state index < -0.39 is 0 Å². The average molecular weight is 406 g/mol. The van der Waals surface area contributed by atoms with Crippen molar-refractivity contribution in [2.24, 2.45) is 5.92 Å². The van der Waals surface area contributed by atoms with Crippen molar-refractivity contribution in [3.05, 3.63) is 45.2 Å². The molecule has 0 saturated heterocycles. The van der Waals surface area contributed by atoms with Crippen LogP contribution in [0.4, 0.5) is 0 Å². The molecule has 2 aliphatic rings. The van der Waals surface area contributed by atoms with Crippen molar-refractivity contribution in [2.75, 3.05) is 6.54 Å². The maximum absolute atomic E-state index is 12.9. The number of nitrogens with one attached hydrogen (secondary N) is 1. The Balaban J connectivity index is 1.59. The minimum absolute atomic E-state index is 0.0440. The summed E-state index contributed by atoms with van der Waals surface area (Å²) in [4.78, 5) is 12.9. The van der Waals surface area contributed by atoms with Gasteiger partial charge in [-0.15, -0.1) is 0 Å². The van der Waals surface area contributed by atoms with Gasteiger partial charge in [0.25, 0.3) is 5.91 Å². The fourth-order valence-electron chi connectivity index (χ4n) is 4.32. The third-order valence-corrected chi connectivity index (χ3v) is 6.56. The van der Waals surface area contributed by atoms with Crippen LogP contribution in [-0.2, 0) is 12.8 Å². The zero-order valence-corrected chi connectivity index (χ0v) is 17.0. The van der Waals surface area contributed by atoms with Crippen LogP contribution in [0, 0.1) is 5.92 Å². The molecule has 2 aliphatic carbocycles. The Bertz CT molecular complexity index is 840. The molecule has 0 spiro atoms. The van der Waals surface area contributed by atoms with E-state index in [4.69, 9.17) is 28.3 Å². The van der Waals surface area contributed by atoms with Gasteiger partial charge in [-0.3, -0.25) is 4.79 Å². The highest BCUT2D eigenvalue weighted by Gasteiger charge is 2.26. The quantitative estimate of drug-likeness (QED) is 0.742. The van der Waals surface area contributed by atoms with Gasteiger partial charge in [0, 0.05) is 17.8 Å². The summed E-state index contributed by atoms with van der Waals surface area (Å²) >= 11 is 12.3. The summed E-state index contributed by atoms with van der Waals surface area (Å²) in [5, 5.41) is 8.86. The monoisotopic (exact) mass is 405 g/mol. The highest BCUT2D eigenvalue weighted by atomic mass is 35.5. The molecule has 1 fully saturated rings. The van der Waals surface area contributed by atoms with Gasteiger partial charge in [-0.05, 0) is 62.6 Å². The Kier molecular flexibility index (Phi) is 5.74. The molecule has 0 atom stereocenters. The third-order valence-electron chi connectivity index (χ3n) is 5.82. The van der Waals surface area contributed by atoms with Crippen molar-refractivity contribution in [3.63, 3.8) is 0 Å². The van der Waals surface area contributed by atoms with Crippen LogP contribution in [0.25, 0.3) is 5.69 Å². The van der Waals surface area contributed by atoms with Crippen LogP contribution in [0.3, 0.4) is 0 Å². The number of amides is 1. The predicted octanol–water partition coefficient (Wildman–Crippen LogP) is 5.37. The first-order valence-electron chi connectivity index (χ1n) is 9.98. The van der Waals surface area contributed by atoms with Gasteiger partial charge in [-0.1, -0.05) is 42.5 Å². The number of benzene rings is 1. The van der Waals surface area contributed by atoms with Gasteiger partial charge in [0.2, 0.25) is 0 Å². The molecular formula is C21H25Cl2N3O. The Hall–Kier alpha value is -1.52. The zero-order valence-electron chi connectivity index (χ0n) is 15.4. The molecule has 4 rings (SSSR count). The van der Waals surface area contributed by atoms with E-state index in [1.165, 1.54) is 32.1 Å². The van der Waals surface area contributed by atoms with Crippen LogP contribution in [-0.4, -0.2) is 22.2 Å². The normalized spacial score (nSPS) is 17.6. The van der Waals surface area contributed by atoms with Gasteiger partial charge < -0.3 is 5.32 Å². The third kappa shape index (κ3) is 4.02. The van der Waals surface area contributed by atoms with E-state index in [1.54, 1.807) is 6.07 Å². The Morgan fingerprint density at radius 2 is 1.85 bits per heavy atom. The molecule has 1 heterocycles. The standard InChI is InChI=1S/C21H25Cl2N3O/c22-17-11-10-15(12-18(17)23)26-19-9-5-4-8-16(19)20(25-26)21(27)24-13-14-6-2-1-3-7-14/h10-12,14H,1-9,13H2,(H,24,27). The fraction of sp³-hybridized carbons (Fsp3) is 0.524. The summed E-state index contributed by atoms with van der Waals surface area (Å²) in [6.45, 7) is 0.757. The molecule has 1 saturated carbocycles. The van der Waals surface area contributed by atoms with E-state index in [0.717, 1.165) is 49.2 Å². The molecule has 0 bridgehead atoms. The first-order valence-corrected chi connectivity index (χ1v) is 10.7. The molecule has 144 valence electrons. The largest absolute Gasteiger partial charge is 0.350 e. The smallest absolute Gasteiger partial charge is 0.272 e. The Morgan fingerprint density at radius 1 is 1.07 bits per heavy atom. The summed E-state index contributed by atoms with van der Waals surface area (Å²) < 4.78 is 1.88. The van der Waals surface area contributed by atoms with Crippen LogP contribution < -0.4 is 5.32 Å². The van der Waals surface area contributed by atoms with Crippen molar-refractivity contribution in [1.82, 2.24) is 15.1 Å². The first-order chi connectivity index (χ1) is 13.1. The lowest BCUT2D eigenvalue weighted by Gasteiger charge is -2.21. The van der Waals surface area contributed by atoms with Gasteiger partial charge in [-0.2, -0.15) is 5.10 Å². The molecule has 1 aromatic heterocycles. The molecule has 6 heteroatoms. The maximum Gasteiger partial charge on any atom is 0.272 e. The van der Waals surface area contributed by atoms with Crippen LogP contribution in [0.1, 0.15) is 66.7 Å². The van der Waals surface area contributed by atoms with Crippen molar-refractivity contribution < 1.29 is 4.79 Å². The predicted molar refractivity (Wildman–Crippen MR) is 109 cm³/mol. The summed E-state index contributed by atoms with van der Waals surface area (Å²) in [5.74, 6) is 0.563. The number of aromatic nitrogens is 2. The summed E-state index contributed by atoms with van der Waals surface area (Å²) in [6, 6.07) is 5.49. The molecule has 27 heavy (non-hydrogen) atoms. The topological polar surface area (TPSA) is 46.9 Å². The molecule has 4 nitrogen and oxygen atoms in total. The molecule has 0 aliphatic heterocycles. The van der Waals surface area contributed by atoms with Crippen LogP contribution in [0.2, 0.25) is 10.0 Å². The zero-order chi connectivity index (χ0) is 18.8. The lowest BCUT2D eigenvalue weighted by Crippen LogP contribution is -2.31. The number of fused-ring (bicyclic) bond motifs is 1. The summed E-state index contributed by atoms with van der Waals surface area (Å²) in [7, 11) is 0. The molecule has 0 radical (unpaired) electrons. The SMILES string of the molecule is O=C(NCC1CCCCC1)c1nn(-c2ccc(Cl)c(Cl)c2)c2c1CCCC2. The van der Waals surface area contributed by atoms with Gasteiger partial charge in [-0.25, -0.2) is 4.68 Å². The maximum atomic E-state index is 12.9. The van der Waals surface area contributed by atoms with Crippen LogP contribution in [0.15, 0.2) is 18.2 Å². The lowest BCUT2D eigenvalue weighted by molar-refractivity contribution is 0.0937. The molecule has 1 N–H and O–H groups in total. The summed E-state index contributed by atoms with van der Waals surface area (Å²) in [5.41, 5.74) is 3.65. The second kappa shape index (κ2) is 8.24. The Labute approximate surface area is 170 Å². The summed E-state index contributed by atoms with van der Waals surface area (Å²) in [6.07, 6.45) is 10.4. The minimum atomic E-state index is -0.0440. The fourth-order valence-corrected chi connectivity index (χ4v) is 4.62. The van der Waals surface area contributed by atoms with Gasteiger partial charge in [0.05, 0.1) is 15.7 Å². The molecular weight excluding hydrogens is 381 g/mol. The van der Waals surface area contributed by atoms with E-state index in [9.17, 15) is 4.79 Å². The molecule has 1 aromatic carbocycles. The number of carbonyl (C=O) groups excluding carboxylic acids is 1. The van der Waals surface area contributed by atoms with Crippen molar-refractivity contribution in [3.8, 4) is 5.69 Å². The molecule has 1 amide bonds. The van der Waals surface area contributed by atoms with E-state index in [-0.39, 0.29) is 5.91 Å². The van der Waals surface area contributed by atoms with E-state index in [0.29, 0.717) is 21.7 Å². The van der Waals surface area contributed by atoms with E-state index in [2.05, 4.69) is 5.32 Å². The molecule has 0 unspecified atom stereocenters. The van der Waals surface area contributed by atoms with Crippen molar-refractivity contribution in [2.45, 2.75) is 57.8 Å². The van der Waals surface area contributed by atoms with Gasteiger partial charge in [0.15, 0.2) is 5.69 Å². The van der Waals surface area contributed by atoms with Crippen LogP contribution >= 0.6 is 23.2 Å². The highest BCUT2D eigenvalue weighted by molar-refractivity contribution is 6.42. The number of hydrogen-bond donors (Lipinski definition) is 1. The number of nitrogens with zero attached hydrogens (tertiary/aromatic N) is 2. The minimum Gasteiger partial charge on any atom is -0.350 e. The first kappa shape index (κ1) is 18.8. The van der Waals surface area contributed by atoms with E-state index in [1.807, 2.05) is 16.8 Å². The highest BCUT2D eigenvalue weighted by Crippen LogP contribution is 2.30. The van der Waals surface area contributed by atoms with Gasteiger partial charge in [0.1, 0.15) is 0 Å². The second-order valence-electron chi connectivity index (χ2n) is 7.71. The number of rotatable bonds is 4. The number of hydrogen-bond acceptors (Lipinski definition) is 2. The second-order valence-corrected chi connectivity index (χ2v) is 8.52. The number of halogens is 2. The molecule has 2 aromatic rings. The van der Waals surface area contributed by atoms with E-state index >= 15 is 0 Å².